The van der Waals surface area contributed by atoms with Crippen molar-refractivity contribution in [1.82, 2.24) is 0 Å². The number of anilines is 6. The second kappa shape index (κ2) is 19.0. The van der Waals surface area contributed by atoms with Crippen molar-refractivity contribution in [3.8, 4) is 22.3 Å². The van der Waals surface area contributed by atoms with Crippen LogP contribution in [0.1, 0.15) is 105 Å². The van der Waals surface area contributed by atoms with Gasteiger partial charge in [-0.15, -0.1) is 0 Å². The van der Waals surface area contributed by atoms with Crippen molar-refractivity contribution >= 4 is 77.2 Å². The van der Waals surface area contributed by atoms with Crippen LogP contribution in [0.25, 0.3) is 65.3 Å². The minimum Gasteiger partial charge on any atom is -0.310 e. The first-order chi connectivity index (χ1) is 36.2. The van der Waals surface area contributed by atoms with Gasteiger partial charge in [-0.3, -0.25) is 0 Å². The highest BCUT2D eigenvalue weighted by molar-refractivity contribution is 6.26. The van der Waals surface area contributed by atoms with Gasteiger partial charge < -0.3 is 9.80 Å². The Labute approximate surface area is 452 Å². The quantitative estimate of drug-likeness (QED) is 0.140. The summed E-state index contributed by atoms with van der Waals surface area (Å²) in [5, 5.41) is 9.70. The van der Waals surface area contributed by atoms with Crippen LogP contribution in [0.2, 0.25) is 0 Å². The molecule has 378 valence electrons. The van der Waals surface area contributed by atoms with E-state index in [-0.39, 0.29) is 21.7 Å². The van der Waals surface area contributed by atoms with Gasteiger partial charge in [0.05, 0.1) is 0 Å². The number of fused-ring (bicyclic) bond motifs is 4. The van der Waals surface area contributed by atoms with Gasteiger partial charge >= 0.3 is 0 Å². The lowest BCUT2D eigenvalue weighted by Crippen LogP contribution is -2.14. The predicted molar refractivity (Wildman–Crippen MR) is 332 cm³/mol. The lowest BCUT2D eigenvalue weighted by Gasteiger charge is -2.30. The molecule has 0 aliphatic carbocycles. The Morgan fingerprint density at radius 2 is 0.487 bits per heavy atom. The van der Waals surface area contributed by atoms with Crippen molar-refractivity contribution in [2.45, 2.75) is 105 Å². The Bertz CT molecular complexity index is 3540. The third-order valence-corrected chi connectivity index (χ3v) is 15.7. The largest absolute Gasteiger partial charge is 0.310 e. The molecule has 0 aromatic heterocycles. The monoisotopic (exact) mass is 989 g/mol. The second-order valence-electron chi connectivity index (χ2n) is 25.1. The van der Waals surface area contributed by atoms with Crippen molar-refractivity contribution in [3.63, 3.8) is 0 Å². The first-order valence-corrected chi connectivity index (χ1v) is 27.2. The van der Waals surface area contributed by atoms with E-state index in [1.165, 1.54) is 87.6 Å². The molecule has 0 saturated heterocycles. The van der Waals surface area contributed by atoms with E-state index in [0.29, 0.717) is 0 Å². The Morgan fingerprint density at radius 1 is 0.224 bits per heavy atom. The van der Waals surface area contributed by atoms with E-state index in [2.05, 4.69) is 311 Å². The zero-order valence-electron chi connectivity index (χ0n) is 46.7. The van der Waals surface area contributed by atoms with Gasteiger partial charge in [0.15, 0.2) is 0 Å². The van der Waals surface area contributed by atoms with Crippen molar-refractivity contribution in [3.05, 3.63) is 241 Å². The second-order valence-corrected chi connectivity index (χ2v) is 25.1. The molecule has 0 bridgehead atoms. The molecule has 0 saturated carbocycles. The molecule has 0 radical (unpaired) electrons. The van der Waals surface area contributed by atoms with E-state index in [1.54, 1.807) is 0 Å². The maximum absolute atomic E-state index is 2.48. The van der Waals surface area contributed by atoms with Crippen LogP contribution in [0, 0.1) is 0 Å². The summed E-state index contributed by atoms with van der Waals surface area (Å²) in [6.07, 6.45) is 0. The van der Waals surface area contributed by atoms with Crippen LogP contribution in [0.5, 0.6) is 0 Å². The first-order valence-electron chi connectivity index (χ1n) is 27.2. The normalized spacial score (nSPS) is 12.5. The van der Waals surface area contributed by atoms with Gasteiger partial charge in [0, 0.05) is 34.1 Å². The Balaban J connectivity index is 1.25. The molecule has 11 aromatic carbocycles. The molecule has 0 N–H and O–H groups in total. The molecule has 0 aliphatic heterocycles. The molecule has 0 amide bonds. The summed E-state index contributed by atoms with van der Waals surface area (Å²) in [4.78, 5) is 4.90. The number of hydrogen-bond acceptors (Lipinski definition) is 2. The highest BCUT2D eigenvalue weighted by Crippen LogP contribution is 2.51. The number of nitrogens with zero attached hydrogens (tertiary/aromatic N) is 2. The fraction of sp³-hybridized carbons (Fsp3) is 0.216. The van der Waals surface area contributed by atoms with Crippen molar-refractivity contribution in [2.75, 3.05) is 9.80 Å². The average Bonchev–Trinajstić information content (AvgIpc) is 3.41. The SMILES string of the molecule is CC(C)(C)c1ccc(N(c2ccc(C(C)(C)C)cc2)c2ccc3c(-c4cccc5ccccc45)c4cc(N(c5ccc(C(C)(C)C)cc5)c5ccc(C(C)(C)C)cc5)ccc4c(-c4cccc5ccccc45)c3c2)cc1. The van der Waals surface area contributed by atoms with Gasteiger partial charge in [-0.1, -0.05) is 229 Å². The van der Waals surface area contributed by atoms with E-state index in [4.69, 9.17) is 0 Å². The van der Waals surface area contributed by atoms with Crippen LogP contribution >= 0.6 is 0 Å². The topological polar surface area (TPSA) is 6.48 Å². The van der Waals surface area contributed by atoms with Crippen molar-refractivity contribution in [2.24, 2.45) is 0 Å². The van der Waals surface area contributed by atoms with E-state index in [0.717, 1.165) is 34.1 Å². The van der Waals surface area contributed by atoms with Gasteiger partial charge in [0.2, 0.25) is 0 Å². The van der Waals surface area contributed by atoms with Crippen LogP contribution in [-0.4, -0.2) is 0 Å². The molecule has 0 spiro atoms. The molecule has 0 aliphatic rings. The number of hydrogen-bond donors (Lipinski definition) is 0. The van der Waals surface area contributed by atoms with Crippen LogP contribution in [0.15, 0.2) is 218 Å². The van der Waals surface area contributed by atoms with E-state index >= 15 is 0 Å². The third kappa shape index (κ3) is 9.45. The lowest BCUT2D eigenvalue weighted by atomic mass is 9.83. The summed E-state index contributed by atoms with van der Waals surface area (Å²) in [5.41, 5.74) is 16.9. The standard InChI is InChI=1S/C74H72N2/c1-71(2,3)51-27-35-55(36-28-51)75(56-37-29-52(30-38-56)72(4,5)6)59-43-45-65-67(47-59)69(63-25-17-21-49-19-13-15-23-61(49)63)66-46-44-60(48-68(66)70(65)64-26-18-22-50-20-14-16-24-62(50)64)76(57-39-31-53(32-40-57)73(7,8)9)58-41-33-54(34-42-58)74(10,11)12/h13-48H,1-12H3. The zero-order chi connectivity index (χ0) is 53.3. The molecule has 0 atom stereocenters. The summed E-state index contributed by atoms with van der Waals surface area (Å²) >= 11 is 0. The van der Waals surface area contributed by atoms with Crippen LogP contribution in [0.3, 0.4) is 0 Å². The molecular formula is C74H72N2. The Hall–Kier alpha value is -7.94. The molecule has 0 fully saturated rings. The molecule has 2 nitrogen and oxygen atoms in total. The van der Waals surface area contributed by atoms with E-state index in [1.807, 2.05) is 0 Å². The van der Waals surface area contributed by atoms with Crippen LogP contribution < -0.4 is 9.80 Å². The Kier molecular flexibility index (Phi) is 12.6. The Morgan fingerprint density at radius 3 is 0.776 bits per heavy atom. The summed E-state index contributed by atoms with van der Waals surface area (Å²) in [5.74, 6) is 0. The van der Waals surface area contributed by atoms with Gasteiger partial charge in [-0.2, -0.15) is 0 Å². The summed E-state index contributed by atoms with van der Waals surface area (Å²) < 4.78 is 0. The maximum atomic E-state index is 2.48. The summed E-state index contributed by atoms with van der Waals surface area (Å²) in [6, 6.07) is 82.7. The average molecular weight is 989 g/mol. The zero-order valence-corrected chi connectivity index (χ0v) is 46.7. The van der Waals surface area contributed by atoms with Crippen molar-refractivity contribution < 1.29 is 0 Å². The highest BCUT2D eigenvalue weighted by atomic mass is 15.1. The molecule has 11 aromatic rings. The van der Waals surface area contributed by atoms with Gasteiger partial charge in [-0.05, 0) is 182 Å². The van der Waals surface area contributed by atoms with Crippen molar-refractivity contribution in [1.29, 1.82) is 0 Å². The van der Waals surface area contributed by atoms with Crippen LogP contribution in [0.4, 0.5) is 34.1 Å². The molecule has 0 heterocycles. The molecular weight excluding hydrogens is 917 g/mol. The first kappa shape index (κ1) is 50.2. The summed E-state index contributed by atoms with van der Waals surface area (Å²) in [7, 11) is 0. The molecule has 2 heteroatoms. The maximum Gasteiger partial charge on any atom is 0.0468 e. The fourth-order valence-electron chi connectivity index (χ4n) is 11.3. The number of benzene rings is 11. The molecule has 0 unspecified atom stereocenters. The predicted octanol–water partition coefficient (Wildman–Crippen LogP) is 21.8. The minimum atomic E-state index is 0.0256. The van der Waals surface area contributed by atoms with Gasteiger partial charge in [-0.25, -0.2) is 0 Å². The highest BCUT2D eigenvalue weighted by Gasteiger charge is 2.26. The van der Waals surface area contributed by atoms with Gasteiger partial charge in [0.25, 0.3) is 0 Å². The van der Waals surface area contributed by atoms with E-state index < -0.39 is 0 Å². The van der Waals surface area contributed by atoms with Crippen LogP contribution in [-0.2, 0) is 21.7 Å². The molecule has 11 rings (SSSR count). The smallest absolute Gasteiger partial charge is 0.0468 e. The van der Waals surface area contributed by atoms with Gasteiger partial charge in [0.1, 0.15) is 0 Å². The summed E-state index contributed by atoms with van der Waals surface area (Å²) in [6.45, 7) is 27.5. The number of rotatable bonds is 8. The third-order valence-electron chi connectivity index (χ3n) is 15.7. The van der Waals surface area contributed by atoms with E-state index in [9.17, 15) is 0 Å². The molecule has 76 heavy (non-hydrogen) atoms. The lowest BCUT2D eigenvalue weighted by molar-refractivity contribution is 0.590. The minimum absolute atomic E-state index is 0.0256. The fourth-order valence-corrected chi connectivity index (χ4v) is 11.3.